The summed E-state index contributed by atoms with van der Waals surface area (Å²) in [7, 11) is 0. The highest BCUT2D eigenvalue weighted by molar-refractivity contribution is 7.15. The molecule has 0 bridgehead atoms. The zero-order chi connectivity index (χ0) is 25.5. The summed E-state index contributed by atoms with van der Waals surface area (Å²) < 4.78 is 0. The summed E-state index contributed by atoms with van der Waals surface area (Å²) in [6, 6.07) is 14.3. The molecule has 1 aliphatic rings. The number of halogens is 1. The molecule has 2 N–H and O–H groups in total. The molecule has 184 valence electrons. The van der Waals surface area contributed by atoms with Crippen LogP contribution in [0, 0.1) is 12.8 Å². The number of nitrogens with one attached hydrogen (secondary N) is 1. The van der Waals surface area contributed by atoms with E-state index in [0.29, 0.717) is 37.3 Å². The quantitative estimate of drug-likeness (QED) is 0.436. The predicted molar refractivity (Wildman–Crippen MR) is 139 cm³/mol. The van der Waals surface area contributed by atoms with Gasteiger partial charge >= 0.3 is 5.97 Å². The minimum Gasteiger partial charge on any atom is -0.481 e. The molecule has 0 spiro atoms. The summed E-state index contributed by atoms with van der Waals surface area (Å²) in [5.74, 6) is -1.93. The molecule has 2 aromatic carbocycles. The van der Waals surface area contributed by atoms with Crippen LogP contribution >= 0.6 is 22.9 Å². The summed E-state index contributed by atoms with van der Waals surface area (Å²) in [6.07, 6.45) is 0.807. The minimum atomic E-state index is -0.836. The van der Waals surface area contributed by atoms with Gasteiger partial charge in [0, 0.05) is 18.8 Å². The Hall–Kier alpha value is -3.23. The summed E-state index contributed by atoms with van der Waals surface area (Å²) in [5.41, 5.74) is 1.92. The normalized spacial score (nSPS) is 13.5. The molecule has 4 rings (SSSR count). The molecule has 0 aliphatic carbocycles. The average Bonchev–Trinajstić information content (AvgIpc) is 3.28. The van der Waals surface area contributed by atoms with E-state index >= 15 is 0 Å². The van der Waals surface area contributed by atoms with Crippen LogP contribution in [0.3, 0.4) is 0 Å². The number of hydrogen-bond acceptors (Lipinski definition) is 5. The van der Waals surface area contributed by atoms with Crippen molar-refractivity contribution in [3.05, 3.63) is 69.8 Å². The molecule has 0 unspecified atom stereocenters. The van der Waals surface area contributed by atoms with Crippen LogP contribution in [0.5, 0.6) is 0 Å². The summed E-state index contributed by atoms with van der Waals surface area (Å²) in [6.45, 7) is 6.54. The first-order valence-corrected chi connectivity index (χ1v) is 12.7. The molecular weight excluding hydrogens is 486 g/mol. The first-order valence-electron chi connectivity index (χ1n) is 11.5. The Morgan fingerprint density at radius 1 is 1.09 bits per heavy atom. The summed E-state index contributed by atoms with van der Waals surface area (Å²) in [4.78, 5) is 44.0. The van der Waals surface area contributed by atoms with Crippen molar-refractivity contribution in [1.82, 2.24) is 9.88 Å². The molecular formula is C26H28ClN3O4S. The van der Waals surface area contributed by atoms with Crippen molar-refractivity contribution in [1.29, 1.82) is 0 Å². The van der Waals surface area contributed by atoms with Crippen molar-refractivity contribution in [2.24, 2.45) is 5.92 Å². The van der Waals surface area contributed by atoms with Crippen LogP contribution in [0.25, 0.3) is 10.4 Å². The lowest BCUT2D eigenvalue weighted by molar-refractivity contribution is -0.143. The number of amides is 2. The number of aromatic nitrogens is 1. The zero-order valence-corrected chi connectivity index (χ0v) is 21.4. The molecule has 1 saturated heterocycles. The molecule has 0 radical (unpaired) electrons. The highest BCUT2D eigenvalue weighted by Gasteiger charge is 2.28. The number of likely N-dealkylation sites (tertiary alicyclic amines) is 1. The number of aliphatic carboxylic acids is 1. The lowest BCUT2D eigenvalue weighted by atomic mass is 9.96. The smallest absolute Gasteiger partial charge is 0.306 e. The molecule has 2 amide bonds. The van der Waals surface area contributed by atoms with Crippen LogP contribution in [0.1, 0.15) is 52.5 Å². The Bertz CT molecular complexity index is 1200. The van der Waals surface area contributed by atoms with E-state index in [4.69, 9.17) is 16.7 Å². The van der Waals surface area contributed by atoms with Crippen molar-refractivity contribution >= 4 is 46.4 Å². The van der Waals surface area contributed by atoms with Gasteiger partial charge in [-0.25, -0.2) is 4.98 Å². The minimum absolute atomic E-state index is 0.265. The topological polar surface area (TPSA) is 99.6 Å². The second-order valence-electron chi connectivity index (χ2n) is 7.83. The van der Waals surface area contributed by atoms with Crippen LogP contribution in [-0.2, 0) is 4.79 Å². The standard InChI is InChI=1S/C24H22ClN3O4S.C2H6/c1-14-26-20(21(33-14)15-5-3-2-4-6-15)22(29)27-17-7-8-19(25)18(13-17)23(30)28-11-9-16(10-12-28)24(31)32;1-2/h2-8,13,16H,9-12H2,1H3,(H,27,29)(H,31,32);1-2H3. The van der Waals surface area contributed by atoms with Gasteiger partial charge < -0.3 is 15.3 Å². The van der Waals surface area contributed by atoms with Crippen LogP contribution < -0.4 is 5.32 Å². The molecule has 9 heteroatoms. The maximum Gasteiger partial charge on any atom is 0.306 e. The SMILES string of the molecule is CC.Cc1nc(C(=O)Nc2ccc(Cl)c(C(=O)N3CCC(C(=O)O)CC3)c2)c(-c2ccccc2)s1. The molecule has 1 fully saturated rings. The van der Waals surface area contributed by atoms with Crippen molar-refractivity contribution in [3.63, 3.8) is 0 Å². The molecule has 0 atom stereocenters. The van der Waals surface area contributed by atoms with Crippen LogP contribution in [-0.4, -0.2) is 45.9 Å². The van der Waals surface area contributed by atoms with E-state index in [2.05, 4.69) is 10.3 Å². The third kappa shape index (κ3) is 6.26. The fourth-order valence-electron chi connectivity index (χ4n) is 3.82. The van der Waals surface area contributed by atoms with Crippen LogP contribution in [0.4, 0.5) is 5.69 Å². The number of piperidine rings is 1. The fourth-order valence-corrected chi connectivity index (χ4v) is 4.94. The van der Waals surface area contributed by atoms with Crippen molar-refractivity contribution in [2.45, 2.75) is 33.6 Å². The molecule has 2 heterocycles. The van der Waals surface area contributed by atoms with Gasteiger partial charge in [-0.15, -0.1) is 11.3 Å². The molecule has 3 aromatic rings. The molecule has 7 nitrogen and oxygen atoms in total. The number of hydrogen-bond donors (Lipinski definition) is 2. The third-order valence-corrected chi connectivity index (χ3v) is 6.92. The number of nitrogens with zero attached hydrogens (tertiary/aromatic N) is 2. The molecule has 35 heavy (non-hydrogen) atoms. The van der Waals surface area contributed by atoms with Gasteiger partial charge in [-0.2, -0.15) is 0 Å². The lowest BCUT2D eigenvalue weighted by Gasteiger charge is -2.30. The molecule has 1 aromatic heterocycles. The number of anilines is 1. The van der Waals surface area contributed by atoms with Gasteiger partial charge in [-0.1, -0.05) is 55.8 Å². The Labute approximate surface area is 213 Å². The Balaban J connectivity index is 0.00000167. The van der Waals surface area contributed by atoms with E-state index in [9.17, 15) is 14.4 Å². The maximum absolute atomic E-state index is 13.0. The first-order chi connectivity index (χ1) is 16.8. The van der Waals surface area contributed by atoms with Gasteiger partial charge in [0.05, 0.1) is 26.4 Å². The zero-order valence-electron chi connectivity index (χ0n) is 19.9. The number of carbonyl (C=O) groups excluding carboxylic acids is 2. The van der Waals surface area contributed by atoms with Crippen LogP contribution in [0.2, 0.25) is 5.02 Å². The number of rotatable bonds is 5. The molecule has 0 saturated carbocycles. The number of benzene rings is 2. The summed E-state index contributed by atoms with van der Waals surface area (Å²) >= 11 is 7.73. The number of carboxylic acids is 1. The van der Waals surface area contributed by atoms with Gasteiger partial charge in [0.1, 0.15) is 5.69 Å². The van der Waals surface area contributed by atoms with E-state index in [-0.39, 0.29) is 22.4 Å². The number of aryl methyl sites for hydroxylation is 1. The fraction of sp³-hybridized carbons (Fsp3) is 0.308. The number of carbonyl (C=O) groups is 3. The van der Waals surface area contributed by atoms with Gasteiger partial charge in [0.2, 0.25) is 0 Å². The van der Waals surface area contributed by atoms with Gasteiger partial charge in [0.25, 0.3) is 11.8 Å². The highest BCUT2D eigenvalue weighted by atomic mass is 35.5. The number of thiazole rings is 1. The number of carboxylic acid groups (broad SMARTS) is 1. The van der Waals surface area contributed by atoms with Crippen molar-refractivity contribution < 1.29 is 19.5 Å². The largest absolute Gasteiger partial charge is 0.481 e. The Morgan fingerprint density at radius 2 is 1.74 bits per heavy atom. The highest BCUT2D eigenvalue weighted by Crippen LogP contribution is 2.31. The van der Waals surface area contributed by atoms with Gasteiger partial charge in [-0.05, 0) is 43.5 Å². The van der Waals surface area contributed by atoms with E-state index in [1.807, 2.05) is 51.1 Å². The lowest BCUT2D eigenvalue weighted by Crippen LogP contribution is -2.40. The molecule has 1 aliphatic heterocycles. The monoisotopic (exact) mass is 513 g/mol. The van der Waals surface area contributed by atoms with E-state index in [0.717, 1.165) is 15.4 Å². The average molecular weight is 514 g/mol. The second kappa shape index (κ2) is 12.0. The van der Waals surface area contributed by atoms with E-state index < -0.39 is 11.9 Å². The van der Waals surface area contributed by atoms with Crippen molar-refractivity contribution in [3.8, 4) is 10.4 Å². The predicted octanol–water partition coefficient (Wildman–Crippen LogP) is 5.99. The van der Waals surface area contributed by atoms with Crippen LogP contribution in [0.15, 0.2) is 48.5 Å². The van der Waals surface area contributed by atoms with Crippen molar-refractivity contribution in [2.75, 3.05) is 18.4 Å². The Kier molecular flexibility index (Phi) is 9.01. The third-order valence-electron chi connectivity index (χ3n) is 5.57. The second-order valence-corrected chi connectivity index (χ2v) is 9.44. The van der Waals surface area contributed by atoms with E-state index in [1.54, 1.807) is 23.1 Å². The van der Waals surface area contributed by atoms with Gasteiger partial charge in [-0.3, -0.25) is 14.4 Å². The van der Waals surface area contributed by atoms with Gasteiger partial charge in [0.15, 0.2) is 0 Å². The maximum atomic E-state index is 13.0. The Morgan fingerprint density at radius 3 is 2.37 bits per heavy atom. The summed E-state index contributed by atoms with van der Waals surface area (Å²) in [5, 5.41) is 13.0. The first kappa shape index (κ1) is 26.4. The van der Waals surface area contributed by atoms with E-state index in [1.165, 1.54) is 11.3 Å².